The first kappa shape index (κ1) is 16.6. The molecule has 120 valence electrons. The second kappa shape index (κ2) is 8.03. The van der Waals surface area contributed by atoms with E-state index in [-0.39, 0.29) is 5.91 Å². The number of hydrogen-bond acceptors (Lipinski definition) is 3. The topological polar surface area (TPSA) is 41.6 Å². The van der Waals surface area contributed by atoms with Gasteiger partial charge in [0.1, 0.15) is 5.75 Å². The molecule has 0 aromatic heterocycles. The summed E-state index contributed by atoms with van der Waals surface area (Å²) in [5.41, 5.74) is 2.84. The van der Waals surface area contributed by atoms with Crippen LogP contribution in [0, 0.1) is 0 Å². The van der Waals surface area contributed by atoms with Gasteiger partial charge in [0, 0.05) is 25.4 Å². The van der Waals surface area contributed by atoms with E-state index in [1.165, 1.54) is 12.5 Å². The van der Waals surface area contributed by atoms with Gasteiger partial charge in [-0.25, -0.2) is 0 Å². The van der Waals surface area contributed by atoms with Crippen LogP contribution in [0.15, 0.2) is 60.8 Å². The molecule has 0 fully saturated rings. The molecule has 0 saturated heterocycles. The molecule has 0 saturated carbocycles. The van der Waals surface area contributed by atoms with Crippen LogP contribution < -0.4 is 15.0 Å². The molecule has 0 unspecified atom stereocenters. The van der Waals surface area contributed by atoms with Gasteiger partial charge >= 0.3 is 0 Å². The van der Waals surface area contributed by atoms with Crippen molar-refractivity contribution in [2.24, 2.45) is 0 Å². The Hall–Kier alpha value is -2.75. The van der Waals surface area contributed by atoms with Crippen LogP contribution in [0.2, 0.25) is 0 Å². The number of benzene rings is 2. The Morgan fingerprint density at radius 1 is 1.22 bits per heavy atom. The number of hydrogen-bond donors (Lipinski definition) is 1. The Labute approximate surface area is 137 Å². The van der Waals surface area contributed by atoms with Gasteiger partial charge in [0.05, 0.1) is 12.8 Å². The minimum absolute atomic E-state index is 0.0956. The van der Waals surface area contributed by atoms with Crippen molar-refractivity contribution in [2.45, 2.75) is 20.4 Å². The standard InChI is InChI=1S/C19H22N2O2/c1-4-12-21(14-16-8-6-5-7-9-16)18-13-17(20-15(2)22)10-11-19(18)23-3/h4-13H,14H2,1-3H3,(H,20,22). The van der Waals surface area contributed by atoms with Crippen molar-refractivity contribution in [1.29, 1.82) is 0 Å². The molecular weight excluding hydrogens is 288 g/mol. The highest BCUT2D eigenvalue weighted by Crippen LogP contribution is 2.32. The molecular formula is C19H22N2O2. The molecule has 2 rings (SSSR count). The average molecular weight is 310 g/mol. The lowest BCUT2D eigenvalue weighted by atomic mass is 10.2. The summed E-state index contributed by atoms with van der Waals surface area (Å²) in [5.74, 6) is 0.662. The van der Waals surface area contributed by atoms with Crippen LogP contribution in [0.3, 0.4) is 0 Å². The molecule has 1 amide bonds. The number of ether oxygens (including phenoxy) is 1. The number of nitrogens with one attached hydrogen (secondary N) is 1. The minimum Gasteiger partial charge on any atom is -0.495 e. The van der Waals surface area contributed by atoms with Gasteiger partial charge in [0.25, 0.3) is 0 Å². The zero-order valence-corrected chi connectivity index (χ0v) is 13.7. The normalized spacial score (nSPS) is 10.6. The van der Waals surface area contributed by atoms with Crippen LogP contribution in [-0.4, -0.2) is 13.0 Å². The van der Waals surface area contributed by atoms with Gasteiger partial charge < -0.3 is 15.0 Å². The first-order valence-corrected chi connectivity index (χ1v) is 7.53. The lowest BCUT2D eigenvalue weighted by Crippen LogP contribution is -2.17. The molecule has 4 heteroatoms. The highest BCUT2D eigenvalue weighted by molar-refractivity contribution is 5.89. The number of methoxy groups -OCH3 is 1. The molecule has 0 radical (unpaired) electrons. The van der Waals surface area contributed by atoms with Crippen molar-refractivity contribution in [3.8, 4) is 5.75 Å². The van der Waals surface area contributed by atoms with E-state index in [2.05, 4.69) is 22.3 Å². The number of anilines is 2. The molecule has 4 nitrogen and oxygen atoms in total. The van der Waals surface area contributed by atoms with Crippen LogP contribution in [0.25, 0.3) is 0 Å². The van der Waals surface area contributed by atoms with Crippen molar-refractivity contribution in [1.82, 2.24) is 0 Å². The minimum atomic E-state index is -0.0956. The zero-order chi connectivity index (χ0) is 16.7. The third-order valence-corrected chi connectivity index (χ3v) is 3.33. The van der Waals surface area contributed by atoms with Crippen molar-refractivity contribution >= 4 is 17.3 Å². The number of allylic oxidation sites excluding steroid dienone is 1. The molecule has 23 heavy (non-hydrogen) atoms. The fourth-order valence-corrected chi connectivity index (χ4v) is 2.37. The maximum atomic E-state index is 11.3. The van der Waals surface area contributed by atoms with Crippen molar-refractivity contribution in [3.05, 3.63) is 66.4 Å². The smallest absolute Gasteiger partial charge is 0.221 e. The Kier molecular flexibility index (Phi) is 5.80. The van der Waals surface area contributed by atoms with Gasteiger partial charge in [0.15, 0.2) is 0 Å². The van der Waals surface area contributed by atoms with E-state index in [0.717, 1.165) is 17.1 Å². The zero-order valence-electron chi connectivity index (χ0n) is 13.7. The SMILES string of the molecule is CC=CN(Cc1ccccc1)c1cc(NC(C)=O)ccc1OC. The molecule has 0 heterocycles. The van der Waals surface area contributed by atoms with E-state index in [4.69, 9.17) is 4.74 Å². The molecule has 0 atom stereocenters. The van der Waals surface area contributed by atoms with Gasteiger partial charge in [-0.3, -0.25) is 4.79 Å². The highest BCUT2D eigenvalue weighted by atomic mass is 16.5. The van der Waals surface area contributed by atoms with E-state index in [0.29, 0.717) is 6.54 Å². The van der Waals surface area contributed by atoms with Gasteiger partial charge in [-0.1, -0.05) is 36.4 Å². The molecule has 0 spiro atoms. The van der Waals surface area contributed by atoms with Crippen LogP contribution in [0.1, 0.15) is 19.4 Å². The van der Waals surface area contributed by atoms with Gasteiger partial charge in [-0.2, -0.15) is 0 Å². The molecule has 0 aliphatic heterocycles. The monoisotopic (exact) mass is 310 g/mol. The number of carbonyl (C=O) groups excluding carboxylic acids is 1. The number of nitrogens with zero attached hydrogens (tertiary/aromatic N) is 1. The quantitative estimate of drug-likeness (QED) is 0.869. The fraction of sp³-hybridized carbons (Fsp3) is 0.211. The summed E-state index contributed by atoms with van der Waals surface area (Å²) < 4.78 is 5.48. The summed E-state index contributed by atoms with van der Waals surface area (Å²) in [7, 11) is 1.65. The van der Waals surface area contributed by atoms with Crippen LogP contribution in [-0.2, 0) is 11.3 Å². The third-order valence-electron chi connectivity index (χ3n) is 3.33. The molecule has 1 N–H and O–H groups in total. The summed E-state index contributed by atoms with van der Waals surface area (Å²) in [6.45, 7) is 4.19. The second-order valence-electron chi connectivity index (χ2n) is 5.16. The maximum Gasteiger partial charge on any atom is 0.221 e. The summed E-state index contributed by atoms with van der Waals surface area (Å²) in [5, 5.41) is 2.81. The first-order chi connectivity index (χ1) is 11.1. The van der Waals surface area contributed by atoms with E-state index in [9.17, 15) is 4.79 Å². The van der Waals surface area contributed by atoms with Gasteiger partial charge in [-0.15, -0.1) is 0 Å². The van der Waals surface area contributed by atoms with Gasteiger partial charge in [0.2, 0.25) is 5.91 Å². The van der Waals surface area contributed by atoms with E-state index >= 15 is 0 Å². The fourth-order valence-electron chi connectivity index (χ4n) is 2.37. The van der Waals surface area contributed by atoms with Crippen LogP contribution in [0.5, 0.6) is 5.75 Å². The number of amides is 1. The second-order valence-corrected chi connectivity index (χ2v) is 5.16. The van der Waals surface area contributed by atoms with E-state index < -0.39 is 0 Å². The lowest BCUT2D eigenvalue weighted by Gasteiger charge is -2.23. The Bertz CT molecular complexity index is 681. The number of carbonyl (C=O) groups is 1. The summed E-state index contributed by atoms with van der Waals surface area (Å²) in [6, 6.07) is 15.8. The van der Waals surface area contributed by atoms with Crippen LogP contribution in [0.4, 0.5) is 11.4 Å². The lowest BCUT2D eigenvalue weighted by molar-refractivity contribution is -0.114. The molecule has 2 aromatic rings. The summed E-state index contributed by atoms with van der Waals surface area (Å²) in [6.07, 6.45) is 3.98. The predicted molar refractivity (Wildman–Crippen MR) is 94.7 cm³/mol. The first-order valence-electron chi connectivity index (χ1n) is 7.53. The molecule has 0 aliphatic rings. The maximum absolute atomic E-state index is 11.3. The predicted octanol–water partition coefficient (Wildman–Crippen LogP) is 4.19. The highest BCUT2D eigenvalue weighted by Gasteiger charge is 2.12. The van der Waals surface area contributed by atoms with Gasteiger partial charge in [-0.05, 0) is 30.7 Å². The summed E-state index contributed by atoms with van der Waals surface area (Å²) in [4.78, 5) is 13.4. The van der Waals surface area contributed by atoms with E-state index in [1.54, 1.807) is 7.11 Å². The van der Waals surface area contributed by atoms with Crippen molar-refractivity contribution in [2.75, 3.05) is 17.3 Å². The largest absolute Gasteiger partial charge is 0.495 e. The number of rotatable bonds is 6. The van der Waals surface area contributed by atoms with Crippen molar-refractivity contribution < 1.29 is 9.53 Å². The summed E-state index contributed by atoms with van der Waals surface area (Å²) >= 11 is 0. The molecule has 0 aliphatic carbocycles. The molecule has 2 aromatic carbocycles. The molecule has 0 bridgehead atoms. The Morgan fingerprint density at radius 3 is 2.57 bits per heavy atom. The third kappa shape index (κ3) is 4.61. The van der Waals surface area contributed by atoms with Crippen molar-refractivity contribution in [3.63, 3.8) is 0 Å². The van der Waals surface area contributed by atoms with E-state index in [1.807, 2.05) is 55.6 Å². The Balaban J connectivity index is 2.38. The Morgan fingerprint density at radius 2 is 1.96 bits per heavy atom. The van der Waals surface area contributed by atoms with Crippen LogP contribution >= 0.6 is 0 Å². The average Bonchev–Trinajstić information content (AvgIpc) is 2.55.